The van der Waals surface area contributed by atoms with Crippen molar-refractivity contribution in [1.29, 1.82) is 0 Å². The summed E-state index contributed by atoms with van der Waals surface area (Å²) in [7, 11) is 1.99. The van der Waals surface area contributed by atoms with E-state index in [4.69, 9.17) is 4.74 Å². The normalized spacial score (nSPS) is 12.1. The second-order valence-corrected chi connectivity index (χ2v) is 6.22. The first-order chi connectivity index (χ1) is 10.3. The highest BCUT2D eigenvalue weighted by molar-refractivity contribution is 7.99. The van der Waals surface area contributed by atoms with Gasteiger partial charge in [-0.05, 0) is 50.2 Å². The number of hydrogen-bond acceptors (Lipinski definition) is 3. The van der Waals surface area contributed by atoms with Gasteiger partial charge in [0.25, 0.3) is 0 Å². The van der Waals surface area contributed by atoms with E-state index < -0.39 is 0 Å². The fourth-order valence-corrected chi connectivity index (χ4v) is 2.77. The quantitative estimate of drug-likeness (QED) is 0.588. The predicted molar refractivity (Wildman–Crippen MR) is 91.3 cm³/mol. The molecule has 0 saturated heterocycles. The van der Waals surface area contributed by atoms with Crippen LogP contribution in [0.1, 0.15) is 12.5 Å². The van der Waals surface area contributed by atoms with Gasteiger partial charge in [0.2, 0.25) is 0 Å². The van der Waals surface area contributed by atoms with Gasteiger partial charge in [-0.1, -0.05) is 30.3 Å². The molecule has 112 valence electrons. The molecule has 0 aliphatic rings. The Morgan fingerprint density at radius 3 is 2.43 bits per heavy atom. The highest BCUT2D eigenvalue weighted by Crippen LogP contribution is 2.18. The van der Waals surface area contributed by atoms with Gasteiger partial charge in [-0.3, -0.25) is 0 Å². The molecule has 2 aromatic rings. The monoisotopic (exact) mass is 301 g/mol. The van der Waals surface area contributed by atoms with Crippen molar-refractivity contribution >= 4 is 11.8 Å². The van der Waals surface area contributed by atoms with Crippen LogP contribution in [-0.2, 0) is 6.42 Å². The van der Waals surface area contributed by atoms with Crippen LogP contribution in [-0.4, -0.2) is 25.4 Å². The number of nitrogens with one attached hydrogen (secondary N) is 1. The average molecular weight is 301 g/mol. The molecular weight excluding hydrogens is 278 g/mol. The molecule has 2 rings (SSSR count). The summed E-state index contributed by atoms with van der Waals surface area (Å²) >= 11 is 1.82. The summed E-state index contributed by atoms with van der Waals surface area (Å²) in [6.07, 6.45) is 1.04. The van der Waals surface area contributed by atoms with Crippen molar-refractivity contribution in [2.45, 2.75) is 24.3 Å². The Balaban J connectivity index is 1.71. The van der Waals surface area contributed by atoms with Crippen LogP contribution in [0.4, 0.5) is 0 Å². The van der Waals surface area contributed by atoms with E-state index in [0.717, 1.165) is 24.5 Å². The number of benzene rings is 2. The molecule has 0 fully saturated rings. The molecule has 0 amide bonds. The molecule has 3 heteroatoms. The lowest BCUT2D eigenvalue weighted by Gasteiger charge is -2.11. The lowest BCUT2D eigenvalue weighted by atomic mass is 10.1. The first-order valence-corrected chi connectivity index (χ1v) is 8.33. The minimum absolute atomic E-state index is 0.499. The van der Waals surface area contributed by atoms with E-state index in [2.05, 4.69) is 60.8 Å². The largest absolute Gasteiger partial charge is 0.493 e. The molecule has 21 heavy (non-hydrogen) atoms. The first-order valence-electron chi connectivity index (χ1n) is 7.35. The summed E-state index contributed by atoms with van der Waals surface area (Å²) in [6.45, 7) is 2.91. The van der Waals surface area contributed by atoms with Crippen LogP contribution in [0.5, 0.6) is 5.75 Å². The van der Waals surface area contributed by atoms with E-state index in [9.17, 15) is 0 Å². The van der Waals surface area contributed by atoms with Crippen molar-refractivity contribution in [1.82, 2.24) is 5.32 Å². The van der Waals surface area contributed by atoms with Crippen molar-refractivity contribution in [3.8, 4) is 5.75 Å². The minimum atomic E-state index is 0.499. The van der Waals surface area contributed by atoms with Crippen molar-refractivity contribution in [3.63, 3.8) is 0 Å². The molecule has 2 aromatic carbocycles. The van der Waals surface area contributed by atoms with Crippen LogP contribution in [0.2, 0.25) is 0 Å². The van der Waals surface area contributed by atoms with Gasteiger partial charge >= 0.3 is 0 Å². The van der Waals surface area contributed by atoms with Gasteiger partial charge < -0.3 is 10.1 Å². The van der Waals surface area contributed by atoms with Crippen molar-refractivity contribution in [3.05, 3.63) is 60.2 Å². The highest BCUT2D eigenvalue weighted by atomic mass is 32.2. The zero-order valence-electron chi connectivity index (χ0n) is 12.7. The Hall–Kier alpha value is -1.45. The fraction of sp³-hybridized carbons (Fsp3) is 0.333. The maximum absolute atomic E-state index is 5.78. The molecule has 1 unspecified atom stereocenters. The van der Waals surface area contributed by atoms with Gasteiger partial charge in [0.15, 0.2) is 0 Å². The molecule has 1 N–H and O–H groups in total. The Bertz CT molecular complexity index is 513. The number of thioether (sulfide) groups is 1. The fourth-order valence-electron chi connectivity index (χ4n) is 2.01. The molecule has 0 bridgehead atoms. The molecule has 1 atom stereocenters. The zero-order chi connectivity index (χ0) is 14.9. The van der Waals surface area contributed by atoms with Gasteiger partial charge in [0.1, 0.15) is 5.75 Å². The van der Waals surface area contributed by atoms with Gasteiger partial charge in [0.05, 0.1) is 6.61 Å². The number of rotatable bonds is 8. The lowest BCUT2D eigenvalue weighted by Crippen LogP contribution is -2.23. The standard InChI is InChI=1S/C18H23NOS/c1-15(19-2)14-16-8-10-17(11-9-16)20-12-13-21-18-6-4-3-5-7-18/h3-11,15,19H,12-14H2,1-2H3. The van der Waals surface area contributed by atoms with Crippen LogP contribution < -0.4 is 10.1 Å². The van der Waals surface area contributed by atoms with Gasteiger partial charge in [0, 0.05) is 16.7 Å². The summed E-state index contributed by atoms with van der Waals surface area (Å²) < 4.78 is 5.78. The SMILES string of the molecule is CNC(C)Cc1ccc(OCCSc2ccccc2)cc1. The van der Waals surface area contributed by atoms with Gasteiger partial charge in [-0.25, -0.2) is 0 Å². The van der Waals surface area contributed by atoms with Crippen molar-refractivity contribution in [2.24, 2.45) is 0 Å². The third kappa shape index (κ3) is 5.82. The second-order valence-electron chi connectivity index (χ2n) is 5.05. The summed E-state index contributed by atoms with van der Waals surface area (Å²) in [5, 5.41) is 3.25. The third-order valence-corrected chi connectivity index (χ3v) is 4.30. The van der Waals surface area contributed by atoms with E-state index in [1.165, 1.54) is 10.5 Å². The zero-order valence-corrected chi connectivity index (χ0v) is 13.5. The summed E-state index contributed by atoms with van der Waals surface area (Å²) in [6, 6.07) is 19.3. The minimum Gasteiger partial charge on any atom is -0.493 e. The Morgan fingerprint density at radius 1 is 1.05 bits per heavy atom. The second kappa shape index (κ2) is 8.75. The Labute approximate surface area is 131 Å². The molecule has 2 nitrogen and oxygen atoms in total. The molecule has 0 spiro atoms. The van der Waals surface area contributed by atoms with Crippen LogP contribution in [0.15, 0.2) is 59.5 Å². The van der Waals surface area contributed by atoms with Crippen LogP contribution >= 0.6 is 11.8 Å². The average Bonchev–Trinajstić information content (AvgIpc) is 2.54. The molecule has 0 aliphatic carbocycles. The van der Waals surface area contributed by atoms with E-state index in [1.807, 2.05) is 24.9 Å². The third-order valence-electron chi connectivity index (χ3n) is 3.32. The summed E-state index contributed by atoms with van der Waals surface area (Å²) in [5.74, 6) is 1.91. The molecule has 0 aromatic heterocycles. The molecular formula is C18H23NOS. The molecule has 0 radical (unpaired) electrons. The molecule has 0 saturated carbocycles. The predicted octanol–water partition coefficient (Wildman–Crippen LogP) is 4.01. The van der Waals surface area contributed by atoms with E-state index in [0.29, 0.717) is 6.04 Å². The van der Waals surface area contributed by atoms with E-state index >= 15 is 0 Å². The van der Waals surface area contributed by atoms with Crippen molar-refractivity contribution in [2.75, 3.05) is 19.4 Å². The smallest absolute Gasteiger partial charge is 0.119 e. The summed E-state index contributed by atoms with van der Waals surface area (Å²) in [4.78, 5) is 1.29. The van der Waals surface area contributed by atoms with Gasteiger partial charge in [-0.15, -0.1) is 11.8 Å². The number of hydrogen-bond donors (Lipinski definition) is 1. The first kappa shape index (κ1) is 15.9. The lowest BCUT2D eigenvalue weighted by molar-refractivity contribution is 0.344. The Kier molecular flexibility index (Phi) is 6.64. The molecule has 0 aliphatic heterocycles. The van der Waals surface area contributed by atoms with E-state index in [1.54, 1.807) is 0 Å². The van der Waals surface area contributed by atoms with Crippen LogP contribution in [0.25, 0.3) is 0 Å². The highest BCUT2D eigenvalue weighted by Gasteiger charge is 2.01. The van der Waals surface area contributed by atoms with Crippen LogP contribution in [0.3, 0.4) is 0 Å². The topological polar surface area (TPSA) is 21.3 Å². The van der Waals surface area contributed by atoms with Crippen LogP contribution in [0, 0.1) is 0 Å². The maximum atomic E-state index is 5.78. The van der Waals surface area contributed by atoms with Crippen molar-refractivity contribution < 1.29 is 4.74 Å². The number of ether oxygens (including phenoxy) is 1. The number of likely N-dealkylation sites (N-methyl/N-ethyl adjacent to an activating group) is 1. The Morgan fingerprint density at radius 2 is 1.76 bits per heavy atom. The van der Waals surface area contributed by atoms with Gasteiger partial charge in [-0.2, -0.15) is 0 Å². The summed E-state index contributed by atoms with van der Waals surface area (Å²) in [5.41, 5.74) is 1.34. The molecule has 0 heterocycles. The van der Waals surface area contributed by atoms with E-state index in [-0.39, 0.29) is 0 Å². The maximum Gasteiger partial charge on any atom is 0.119 e.